The molecule has 2 saturated carbocycles. The molecule has 1 aromatic carbocycles. The summed E-state index contributed by atoms with van der Waals surface area (Å²) in [4.78, 5) is 37.4. The third-order valence-corrected chi connectivity index (χ3v) is 8.31. The fourth-order valence-electron chi connectivity index (χ4n) is 5.94. The van der Waals surface area contributed by atoms with Crippen LogP contribution in [0.3, 0.4) is 0 Å². The maximum absolute atomic E-state index is 13.0. The van der Waals surface area contributed by atoms with Gasteiger partial charge in [0.25, 0.3) is 5.91 Å². The van der Waals surface area contributed by atoms with E-state index in [-0.39, 0.29) is 28.2 Å². The zero-order chi connectivity index (χ0) is 21.7. The number of hydrogen-bond acceptors (Lipinski definition) is 3. The Bertz CT molecular complexity index is 960. The topological polar surface area (TPSA) is 75.3 Å². The molecule has 3 aliphatic rings. The summed E-state index contributed by atoms with van der Waals surface area (Å²) in [5, 5.41) is 4.85. The van der Waals surface area contributed by atoms with E-state index >= 15 is 0 Å². The van der Waals surface area contributed by atoms with Crippen LogP contribution in [0.25, 0.3) is 0 Å². The molecule has 158 valence electrons. The summed E-state index contributed by atoms with van der Waals surface area (Å²) in [5.41, 5.74) is 2.29. The smallest absolute Gasteiger partial charge is 0.304 e. The van der Waals surface area contributed by atoms with Crippen LogP contribution < -0.4 is 10.6 Å². The number of hydrogen-bond donors (Lipinski definition) is 2. The van der Waals surface area contributed by atoms with Crippen molar-refractivity contribution in [2.45, 2.75) is 47.0 Å². The van der Waals surface area contributed by atoms with Crippen molar-refractivity contribution in [1.82, 2.24) is 10.6 Å². The molecule has 0 radical (unpaired) electrons. The van der Waals surface area contributed by atoms with Crippen LogP contribution in [-0.4, -0.2) is 17.7 Å². The van der Waals surface area contributed by atoms with Gasteiger partial charge in [-0.25, -0.2) is 4.79 Å². The number of carbonyl (C=O) groups is 3. The lowest BCUT2D eigenvalue weighted by Crippen LogP contribution is -2.43. The van der Waals surface area contributed by atoms with E-state index in [0.717, 1.165) is 6.42 Å². The van der Waals surface area contributed by atoms with Gasteiger partial charge in [0.05, 0.1) is 5.70 Å². The molecule has 5 heteroatoms. The lowest BCUT2D eigenvalue weighted by Gasteiger charge is -2.42. The highest BCUT2D eigenvalue weighted by Gasteiger charge is 2.62. The van der Waals surface area contributed by atoms with Crippen molar-refractivity contribution >= 4 is 17.7 Å². The van der Waals surface area contributed by atoms with Crippen molar-refractivity contribution in [1.29, 1.82) is 0 Å². The second-order valence-electron chi connectivity index (χ2n) is 9.77. The molecule has 4 rings (SSSR count). The van der Waals surface area contributed by atoms with Crippen LogP contribution in [0, 0.1) is 28.6 Å². The molecule has 30 heavy (non-hydrogen) atoms. The molecule has 4 atom stereocenters. The average molecular weight is 407 g/mol. The van der Waals surface area contributed by atoms with Crippen molar-refractivity contribution in [2.24, 2.45) is 28.6 Å². The minimum atomic E-state index is -0.694. The Labute approximate surface area is 178 Å². The monoisotopic (exact) mass is 406 g/mol. The van der Waals surface area contributed by atoms with Crippen molar-refractivity contribution in [3.63, 3.8) is 0 Å². The fourth-order valence-corrected chi connectivity index (χ4v) is 5.94. The first-order valence-electron chi connectivity index (χ1n) is 10.8. The number of Topliss-reactive ketones (excluding diaryl/α,β-unsaturated/α-hetero) is 1. The Kier molecular flexibility index (Phi) is 4.95. The highest BCUT2D eigenvalue weighted by molar-refractivity contribution is 6.08. The SMILES string of the molecule is CC1C(=O)C(NC(=O)NC(=O)c2ccccc2)=CC=C1C1CC2CCC1(C)C2(C)C. The van der Waals surface area contributed by atoms with Gasteiger partial charge in [-0.15, -0.1) is 0 Å². The number of benzene rings is 1. The molecule has 2 N–H and O–H groups in total. The predicted octanol–water partition coefficient (Wildman–Crippen LogP) is 4.62. The van der Waals surface area contributed by atoms with Gasteiger partial charge in [0.2, 0.25) is 0 Å². The molecule has 2 fully saturated rings. The molecule has 0 saturated heterocycles. The van der Waals surface area contributed by atoms with Crippen LogP contribution in [0.1, 0.15) is 57.3 Å². The second kappa shape index (κ2) is 7.22. The van der Waals surface area contributed by atoms with Gasteiger partial charge in [-0.2, -0.15) is 0 Å². The lowest BCUT2D eigenvalue weighted by molar-refractivity contribution is -0.118. The van der Waals surface area contributed by atoms with Crippen LogP contribution in [-0.2, 0) is 4.79 Å². The highest BCUT2D eigenvalue weighted by Crippen LogP contribution is 2.70. The molecule has 3 aliphatic carbocycles. The van der Waals surface area contributed by atoms with Gasteiger partial charge in [-0.3, -0.25) is 14.9 Å². The Morgan fingerprint density at radius 1 is 1.07 bits per heavy atom. The molecule has 2 bridgehead atoms. The third kappa shape index (κ3) is 3.11. The molecule has 0 heterocycles. The Morgan fingerprint density at radius 2 is 1.77 bits per heavy atom. The molecule has 0 spiro atoms. The van der Waals surface area contributed by atoms with Crippen LogP contribution in [0.2, 0.25) is 0 Å². The Morgan fingerprint density at radius 3 is 2.37 bits per heavy atom. The van der Waals surface area contributed by atoms with Gasteiger partial charge in [0.1, 0.15) is 0 Å². The number of fused-ring (bicyclic) bond motifs is 2. The van der Waals surface area contributed by atoms with E-state index in [4.69, 9.17) is 0 Å². The van der Waals surface area contributed by atoms with Crippen LogP contribution in [0.4, 0.5) is 4.79 Å². The van der Waals surface area contributed by atoms with Crippen molar-refractivity contribution in [3.8, 4) is 0 Å². The van der Waals surface area contributed by atoms with E-state index in [1.807, 2.05) is 13.0 Å². The maximum atomic E-state index is 13.0. The van der Waals surface area contributed by atoms with Crippen LogP contribution in [0.15, 0.2) is 53.8 Å². The van der Waals surface area contributed by atoms with Crippen molar-refractivity contribution < 1.29 is 14.4 Å². The van der Waals surface area contributed by atoms with E-state index in [0.29, 0.717) is 17.4 Å². The van der Waals surface area contributed by atoms with E-state index < -0.39 is 11.9 Å². The van der Waals surface area contributed by atoms with E-state index in [1.54, 1.807) is 36.4 Å². The summed E-state index contributed by atoms with van der Waals surface area (Å²) in [7, 11) is 0. The first-order valence-corrected chi connectivity index (χ1v) is 10.8. The Hall–Kier alpha value is -2.69. The van der Waals surface area contributed by atoms with Crippen molar-refractivity contribution in [2.75, 3.05) is 0 Å². The number of urea groups is 1. The number of nitrogens with one attached hydrogen (secondary N) is 2. The molecule has 3 amide bonds. The number of ketones is 1. The maximum Gasteiger partial charge on any atom is 0.326 e. The minimum Gasteiger partial charge on any atom is -0.304 e. The first kappa shape index (κ1) is 20.6. The first-order chi connectivity index (χ1) is 14.1. The summed E-state index contributed by atoms with van der Waals surface area (Å²) < 4.78 is 0. The number of imide groups is 1. The molecule has 5 nitrogen and oxygen atoms in total. The predicted molar refractivity (Wildman–Crippen MR) is 115 cm³/mol. The summed E-state index contributed by atoms with van der Waals surface area (Å²) in [6.07, 6.45) is 7.33. The van der Waals surface area contributed by atoms with Gasteiger partial charge in [0, 0.05) is 11.5 Å². The molecule has 0 aliphatic heterocycles. The van der Waals surface area contributed by atoms with Gasteiger partial charge in [-0.05, 0) is 60.1 Å². The normalized spacial score (nSPS) is 31.7. The number of carbonyl (C=O) groups excluding carboxylic acids is 3. The number of allylic oxidation sites excluding steroid dienone is 4. The molecule has 4 unspecified atom stereocenters. The molecular formula is C25H30N2O3. The largest absolute Gasteiger partial charge is 0.326 e. The summed E-state index contributed by atoms with van der Waals surface area (Å²) in [6.45, 7) is 9.05. The zero-order valence-corrected chi connectivity index (χ0v) is 18.1. The molecule has 1 aromatic rings. The van der Waals surface area contributed by atoms with Crippen molar-refractivity contribution in [3.05, 3.63) is 59.3 Å². The Balaban J connectivity index is 1.48. The highest BCUT2D eigenvalue weighted by atomic mass is 16.2. The van der Waals surface area contributed by atoms with Gasteiger partial charge >= 0.3 is 6.03 Å². The molecule has 0 aromatic heterocycles. The minimum absolute atomic E-state index is 0.0982. The van der Waals surface area contributed by atoms with Crippen LogP contribution >= 0.6 is 0 Å². The lowest BCUT2D eigenvalue weighted by atomic mass is 9.62. The average Bonchev–Trinajstić information content (AvgIpc) is 3.06. The van der Waals surface area contributed by atoms with Crippen LogP contribution in [0.5, 0.6) is 0 Å². The zero-order valence-electron chi connectivity index (χ0n) is 18.1. The van der Waals surface area contributed by atoms with E-state index in [2.05, 4.69) is 31.4 Å². The third-order valence-electron chi connectivity index (χ3n) is 8.31. The standard InChI is InChI=1S/C25H30N2O3/c1-15-18(19-14-17-12-13-25(19,4)24(17,2)3)10-11-20(21(15)28)26-23(30)27-22(29)16-8-6-5-7-9-16/h5-11,15,17,19H,12-14H2,1-4H3,(H2,26,27,29,30). The van der Waals surface area contributed by atoms with E-state index in [1.165, 1.54) is 18.4 Å². The molecular weight excluding hydrogens is 376 g/mol. The number of rotatable bonds is 3. The summed E-state index contributed by atoms with van der Waals surface area (Å²) in [6, 6.07) is 7.81. The summed E-state index contributed by atoms with van der Waals surface area (Å²) in [5.74, 6) is 0.231. The summed E-state index contributed by atoms with van der Waals surface area (Å²) >= 11 is 0. The van der Waals surface area contributed by atoms with Gasteiger partial charge in [0.15, 0.2) is 5.78 Å². The van der Waals surface area contributed by atoms with Gasteiger partial charge < -0.3 is 5.32 Å². The van der Waals surface area contributed by atoms with E-state index in [9.17, 15) is 14.4 Å². The quantitative estimate of drug-likeness (QED) is 0.769. The van der Waals surface area contributed by atoms with Gasteiger partial charge in [-0.1, -0.05) is 57.5 Å². The second-order valence-corrected chi connectivity index (χ2v) is 9.77. The number of amides is 3. The fraction of sp³-hybridized carbons (Fsp3) is 0.480.